The second-order valence-corrected chi connectivity index (χ2v) is 9.10. The summed E-state index contributed by atoms with van der Waals surface area (Å²) in [5.41, 5.74) is 5.12. The fourth-order valence-corrected chi connectivity index (χ4v) is 4.70. The van der Waals surface area contributed by atoms with Crippen LogP contribution in [-0.4, -0.2) is 22.8 Å². The molecule has 1 fully saturated rings. The number of nitrogens with zero attached hydrogens (tertiary/aromatic N) is 2. The highest BCUT2D eigenvalue weighted by Crippen LogP contribution is 2.31. The van der Waals surface area contributed by atoms with Crippen molar-refractivity contribution in [3.05, 3.63) is 80.0 Å². The van der Waals surface area contributed by atoms with Crippen molar-refractivity contribution in [1.82, 2.24) is 9.88 Å². The summed E-state index contributed by atoms with van der Waals surface area (Å²) in [5.74, 6) is 0.637. The largest absolute Gasteiger partial charge is 0.497 e. The maximum absolute atomic E-state index is 12.5. The number of methoxy groups -OCH3 is 1. The molecule has 1 N–H and O–H groups in total. The van der Waals surface area contributed by atoms with E-state index in [2.05, 4.69) is 81.6 Å². The molecule has 0 spiro atoms. The summed E-state index contributed by atoms with van der Waals surface area (Å²) < 4.78 is 8.56. The number of amides is 1. The van der Waals surface area contributed by atoms with Gasteiger partial charge < -0.3 is 14.6 Å². The summed E-state index contributed by atoms with van der Waals surface area (Å²) in [5, 5.41) is 3.42. The first-order valence-corrected chi connectivity index (χ1v) is 11.2. The zero-order valence-corrected chi connectivity index (χ0v) is 19.7. The predicted molar refractivity (Wildman–Crippen MR) is 132 cm³/mol. The van der Waals surface area contributed by atoms with Gasteiger partial charge in [-0.1, -0.05) is 6.07 Å². The standard InChI is InChI=1S/C23H20IN3O2S/c1-14-11-16(15(2)27(14)19-6-4-5-17(24)13-19)12-21-22(28)26-23(30-21)25-18-7-9-20(29-3)10-8-18/h4-13H,1-3H3,(H,25,26,28)/b21-12+. The van der Waals surface area contributed by atoms with E-state index in [9.17, 15) is 4.79 Å². The number of amidine groups is 1. The van der Waals surface area contributed by atoms with Gasteiger partial charge in [0.05, 0.1) is 17.7 Å². The van der Waals surface area contributed by atoms with Gasteiger partial charge in [0.2, 0.25) is 0 Å². The Kier molecular flexibility index (Phi) is 6.01. The molecule has 1 aromatic heterocycles. The molecule has 1 saturated heterocycles. The van der Waals surface area contributed by atoms with Crippen LogP contribution >= 0.6 is 34.4 Å². The van der Waals surface area contributed by atoms with Crippen molar-refractivity contribution in [3.8, 4) is 11.4 Å². The first-order chi connectivity index (χ1) is 14.4. The number of carbonyl (C=O) groups is 1. The monoisotopic (exact) mass is 529 g/mol. The molecule has 2 aromatic carbocycles. The zero-order valence-electron chi connectivity index (χ0n) is 16.8. The van der Waals surface area contributed by atoms with E-state index in [1.54, 1.807) is 7.11 Å². The van der Waals surface area contributed by atoms with Gasteiger partial charge in [-0.05, 0) is 108 Å². The summed E-state index contributed by atoms with van der Waals surface area (Å²) in [7, 11) is 1.63. The maximum atomic E-state index is 12.5. The molecular weight excluding hydrogens is 509 g/mol. The predicted octanol–water partition coefficient (Wildman–Crippen LogP) is 5.60. The molecule has 152 valence electrons. The maximum Gasteiger partial charge on any atom is 0.264 e. The van der Waals surface area contributed by atoms with Crippen LogP contribution in [0.3, 0.4) is 0 Å². The molecule has 2 heterocycles. The van der Waals surface area contributed by atoms with Gasteiger partial charge in [0.1, 0.15) is 5.75 Å². The summed E-state index contributed by atoms with van der Waals surface area (Å²) >= 11 is 3.67. The third kappa shape index (κ3) is 4.32. The Morgan fingerprint density at radius 1 is 1.13 bits per heavy atom. The third-order valence-corrected chi connectivity index (χ3v) is 6.36. The lowest BCUT2D eigenvalue weighted by molar-refractivity contribution is -0.115. The summed E-state index contributed by atoms with van der Waals surface area (Å²) in [4.78, 5) is 17.6. The smallest absolute Gasteiger partial charge is 0.264 e. The number of nitrogens with one attached hydrogen (secondary N) is 1. The minimum atomic E-state index is -0.133. The van der Waals surface area contributed by atoms with Gasteiger partial charge in [-0.2, -0.15) is 0 Å². The molecule has 30 heavy (non-hydrogen) atoms. The van der Waals surface area contributed by atoms with Gasteiger partial charge in [0.25, 0.3) is 5.91 Å². The van der Waals surface area contributed by atoms with E-state index in [1.807, 2.05) is 30.3 Å². The van der Waals surface area contributed by atoms with Crippen LogP contribution < -0.4 is 10.1 Å². The summed E-state index contributed by atoms with van der Waals surface area (Å²) in [6, 6.07) is 17.9. The van der Waals surface area contributed by atoms with Crippen LogP contribution in [0.2, 0.25) is 0 Å². The number of hydrogen-bond donors (Lipinski definition) is 1. The number of rotatable bonds is 4. The van der Waals surface area contributed by atoms with Gasteiger partial charge in [0.15, 0.2) is 5.17 Å². The quantitative estimate of drug-likeness (QED) is 0.354. The van der Waals surface area contributed by atoms with Crippen molar-refractivity contribution >= 4 is 57.2 Å². The molecule has 0 radical (unpaired) electrons. The molecule has 5 nitrogen and oxygen atoms in total. The number of aliphatic imine (C=N–C) groups is 1. The lowest BCUT2D eigenvalue weighted by atomic mass is 10.2. The number of aromatic nitrogens is 1. The Hall–Kier alpha value is -2.52. The fraction of sp³-hybridized carbons (Fsp3) is 0.130. The van der Waals surface area contributed by atoms with E-state index >= 15 is 0 Å². The molecule has 0 atom stereocenters. The normalized spacial score (nSPS) is 16.3. The van der Waals surface area contributed by atoms with Crippen molar-refractivity contribution < 1.29 is 9.53 Å². The van der Waals surface area contributed by atoms with Crippen molar-refractivity contribution in [2.75, 3.05) is 7.11 Å². The van der Waals surface area contributed by atoms with Gasteiger partial charge in [-0.25, -0.2) is 4.99 Å². The number of carbonyl (C=O) groups excluding carboxylic acids is 1. The Labute approximate surface area is 193 Å². The highest BCUT2D eigenvalue weighted by molar-refractivity contribution is 14.1. The van der Waals surface area contributed by atoms with Crippen molar-refractivity contribution in [2.45, 2.75) is 13.8 Å². The third-order valence-electron chi connectivity index (χ3n) is 4.78. The zero-order chi connectivity index (χ0) is 21.3. The van der Waals surface area contributed by atoms with Gasteiger partial charge >= 0.3 is 0 Å². The molecule has 0 unspecified atom stereocenters. The Morgan fingerprint density at radius 3 is 2.60 bits per heavy atom. The van der Waals surface area contributed by atoms with Crippen LogP contribution in [0, 0.1) is 17.4 Å². The topological polar surface area (TPSA) is 55.6 Å². The number of halogens is 1. The highest BCUT2D eigenvalue weighted by Gasteiger charge is 2.24. The van der Waals surface area contributed by atoms with Crippen LogP contribution in [0.4, 0.5) is 5.69 Å². The lowest BCUT2D eigenvalue weighted by Crippen LogP contribution is -2.19. The minimum Gasteiger partial charge on any atom is -0.497 e. The van der Waals surface area contributed by atoms with Crippen LogP contribution in [0.1, 0.15) is 17.0 Å². The van der Waals surface area contributed by atoms with Gasteiger partial charge in [0, 0.05) is 20.6 Å². The number of benzene rings is 2. The molecule has 0 bridgehead atoms. The molecule has 4 rings (SSSR count). The summed E-state index contributed by atoms with van der Waals surface area (Å²) in [6.45, 7) is 4.15. The van der Waals surface area contributed by atoms with Gasteiger partial charge in [-0.3, -0.25) is 4.79 Å². The number of thioether (sulfide) groups is 1. The van der Waals surface area contributed by atoms with Crippen molar-refractivity contribution in [1.29, 1.82) is 0 Å². The van der Waals surface area contributed by atoms with E-state index < -0.39 is 0 Å². The second-order valence-electron chi connectivity index (χ2n) is 6.82. The van der Waals surface area contributed by atoms with E-state index in [0.29, 0.717) is 10.1 Å². The molecule has 1 aliphatic heterocycles. The molecular formula is C23H20IN3O2S. The van der Waals surface area contributed by atoms with Crippen LogP contribution in [0.25, 0.3) is 11.8 Å². The van der Waals surface area contributed by atoms with E-state index in [0.717, 1.165) is 34.1 Å². The van der Waals surface area contributed by atoms with E-state index in [1.165, 1.54) is 15.3 Å². The molecule has 3 aromatic rings. The average Bonchev–Trinajstić information content (AvgIpc) is 3.20. The van der Waals surface area contributed by atoms with Crippen LogP contribution in [-0.2, 0) is 4.79 Å². The molecule has 0 aliphatic carbocycles. The first kappa shape index (κ1) is 20.7. The number of ether oxygens (including phenoxy) is 1. The number of hydrogen-bond acceptors (Lipinski definition) is 4. The average molecular weight is 529 g/mol. The SMILES string of the molecule is COc1ccc(N=C2NC(=O)/C(=C\c3cc(C)n(-c4cccc(I)c4)c3C)S2)cc1. The van der Waals surface area contributed by atoms with Gasteiger partial charge in [-0.15, -0.1) is 0 Å². The summed E-state index contributed by atoms with van der Waals surface area (Å²) in [6.07, 6.45) is 1.93. The Bertz CT molecular complexity index is 1180. The van der Waals surface area contributed by atoms with Crippen LogP contribution in [0.15, 0.2) is 64.5 Å². The molecule has 1 amide bonds. The minimum absolute atomic E-state index is 0.133. The Balaban J connectivity index is 1.61. The Morgan fingerprint density at radius 2 is 1.90 bits per heavy atom. The fourth-order valence-electron chi connectivity index (χ4n) is 3.34. The van der Waals surface area contributed by atoms with E-state index in [-0.39, 0.29) is 5.91 Å². The van der Waals surface area contributed by atoms with Crippen molar-refractivity contribution in [2.24, 2.45) is 4.99 Å². The number of aryl methyl sites for hydroxylation is 1. The molecule has 7 heteroatoms. The second kappa shape index (κ2) is 8.69. The van der Waals surface area contributed by atoms with E-state index in [4.69, 9.17) is 4.74 Å². The highest BCUT2D eigenvalue weighted by atomic mass is 127. The molecule has 0 saturated carbocycles. The van der Waals surface area contributed by atoms with Crippen LogP contribution in [0.5, 0.6) is 5.75 Å². The lowest BCUT2D eigenvalue weighted by Gasteiger charge is -2.10. The molecule has 1 aliphatic rings. The van der Waals surface area contributed by atoms with Crippen molar-refractivity contribution in [3.63, 3.8) is 0 Å². The first-order valence-electron chi connectivity index (χ1n) is 9.33.